The molecule has 0 aliphatic carbocycles. The molecule has 0 atom stereocenters. The fraction of sp³-hybridized carbons (Fsp3) is 0.297. The summed E-state index contributed by atoms with van der Waals surface area (Å²) in [6, 6.07) is 48.0. The number of pyridine rings is 8. The van der Waals surface area contributed by atoms with Gasteiger partial charge in [0.1, 0.15) is 49.6 Å². The van der Waals surface area contributed by atoms with E-state index in [2.05, 4.69) is 147 Å². The normalized spacial score (nSPS) is 12.2. The Morgan fingerprint density at radius 2 is 0.860 bits per heavy atom. The number of nitrogens with one attached hydrogen (secondary N) is 1. The van der Waals surface area contributed by atoms with E-state index in [1.807, 2.05) is 109 Å². The second kappa shape index (κ2) is 86.4. The fourth-order valence-corrected chi connectivity index (χ4v) is 12.1. The Bertz CT molecular complexity index is 5530. The molecule has 143 heavy (non-hydrogen) atoms. The molecule has 753 valence electrons. The van der Waals surface area contributed by atoms with Gasteiger partial charge in [-0.25, -0.2) is 64.8 Å². The number of rotatable bonds is 8. The number of aldehydes is 2. The van der Waals surface area contributed by atoms with Crippen molar-refractivity contribution in [1.82, 2.24) is 39.9 Å². The summed E-state index contributed by atoms with van der Waals surface area (Å²) in [4.78, 5) is 132. The minimum atomic E-state index is -1.44. The summed E-state index contributed by atoms with van der Waals surface area (Å²) in [7, 11) is 5.24. The number of methoxy groups -OCH3 is 1. The number of hydrogen-bond donors (Lipinski definition) is 9. The summed E-state index contributed by atoms with van der Waals surface area (Å²) >= 11 is 14.4. The number of aliphatic hydroxyl groups is 1. The van der Waals surface area contributed by atoms with E-state index in [0.717, 1.165) is 144 Å². The van der Waals surface area contributed by atoms with Gasteiger partial charge in [0.2, 0.25) is 41.2 Å². The average Bonchev–Trinajstić information content (AvgIpc) is 0.892. The van der Waals surface area contributed by atoms with Crippen LogP contribution in [0.25, 0.3) is 18.2 Å². The summed E-state index contributed by atoms with van der Waals surface area (Å²) in [5.41, 5.74) is 26.4. The van der Waals surface area contributed by atoms with E-state index in [1.54, 1.807) is 66.7 Å². The fourth-order valence-electron chi connectivity index (χ4n) is 10.3. The van der Waals surface area contributed by atoms with Gasteiger partial charge in [-0.1, -0.05) is 122 Å². The Hall–Kier alpha value is -8.70. The topological polar surface area (TPSA) is 607 Å². The molecule has 0 amide bonds. The first-order valence-electron chi connectivity index (χ1n) is 40.8. The van der Waals surface area contributed by atoms with E-state index in [4.69, 9.17) is 93.5 Å². The van der Waals surface area contributed by atoms with Crippen molar-refractivity contribution in [3.05, 3.63) is 259 Å². The standard InChI is InChI=1S/C16H13NO2.C9H7NO3.C9H11NO2.C9H9NO2.C8H9BO2.C8H6BrNO2.C6H7BrN2O.C5H4Br2N2.C5H5BrN2O.C4H6O4.2C4H8O.C2H3BO2.CH3O.CH4.Al.Li.Mn.2Na.H2O3.2O.H/c18-15-10-13-7-9-14(17-16(13)19-11-15)8-6-12-4-2-1-3-5-12;11-4-7-2-1-6-3-8(12)5-13-9(6)10-7;2*11-6-8-4-3-7-2-1-5-12-9(7)10-8;10-9(11)7-6-8-4-2-1-3-5-8;9-7-2-1-5-3-6(11)4-12-8(5)10-7;1-10-6-4(8)2-3-5(7)9-6;6-4-2-1-3(8)5(7)9-4;6-4-2-1-3(7)5(9)8-4;1-3(5)7-8-4(2)6;2*1-2-4-5-3-1;1-2(4)5-3;1-2;;;;;;;1-3-2;;;/h1-9H,10-11H2;1-2,4H,3,5H2;3-4,11H,1-2,5-6H2;3-4,6H,1-2,5H2;1-7,10-11H;1-2H,3-4H2;2-3H,8H2,1H3;1-2H,8H2;1-2H,7H2,(H,8,9);1-2H3;2*1-4H2;1H3;1H3;1H4;;;;;;1-2H;;;/q;;;;;;;;;;;;2*-1;;;+1;;2*+1;;;;-1/b8-6+;;;;7-6+;;;;;;;;;;;;;;;;;;;. The van der Waals surface area contributed by atoms with Gasteiger partial charge in [-0.15, -0.1) is 0 Å². The zero-order valence-electron chi connectivity index (χ0n) is 79.7. The summed E-state index contributed by atoms with van der Waals surface area (Å²) in [6.45, 7) is 9.30. The molecule has 15 heterocycles. The molecular formula is C91H106AlB2Br5LiMnN11Na2O29. The van der Waals surface area contributed by atoms with Crippen LogP contribution >= 0.6 is 79.6 Å². The van der Waals surface area contributed by atoms with E-state index in [1.165, 1.54) is 45.7 Å². The van der Waals surface area contributed by atoms with Crippen molar-refractivity contribution in [3.63, 3.8) is 0 Å². The number of anilines is 3. The first kappa shape index (κ1) is 141. The number of fused-ring (bicyclic) bond motifs is 5. The maximum atomic E-state index is 11.3. The van der Waals surface area contributed by atoms with Gasteiger partial charge in [0, 0.05) is 112 Å². The number of hydrogen-bond acceptors (Lipinski definition) is 39. The number of carbonyl (C=O) groups is 8. The summed E-state index contributed by atoms with van der Waals surface area (Å²) in [5, 5.41) is 49.5. The first-order valence-corrected chi connectivity index (χ1v) is 45.7. The van der Waals surface area contributed by atoms with Crippen molar-refractivity contribution in [2.24, 2.45) is 0 Å². The molecule has 12 N–H and O–H groups in total. The van der Waals surface area contributed by atoms with Crippen molar-refractivity contribution in [1.29, 1.82) is 0 Å². The van der Waals surface area contributed by atoms with Crippen LogP contribution in [0.1, 0.15) is 139 Å². The molecule has 0 bridgehead atoms. The van der Waals surface area contributed by atoms with Crippen LogP contribution < -0.4 is 134 Å². The first-order chi connectivity index (χ1) is 66.3. The molecule has 2 aromatic carbocycles. The number of halogens is 5. The van der Waals surface area contributed by atoms with Crippen molar-refractivity contribution in [2.75, 3.05) is 90.9 Å². The van der Waals surface area contributed by atoms with E-state index < -0.39 is 39.8 Å². The molecule has 7 aliphatic heterocycles. The third-order valence-corrected chi connectivity index (χ3v) is 18.9. The van der Waals surface area contributed by atoms with Crippen LogP contribution in [0.4, 0.5) is 17.1 Å². The number of nitrogens with zero attached hydrogens (tertiary/aromatic N) is 7. The van der Waals surface area contributed by atoms with Crippen LogP contribution in [0.3, 0.4) is 0 Å². The molecule has 52 heteroatoms. The number of aliphatic hydroxyl groups excluding tert-OH is 1. The van der Waals surface area contributed by atoms with Gasteiger partial charge in [-0.2, -0.15) is 7.11 Å². The number of aryl methyl sites for hydroxylation is 2. The number of carbonyl (C=O) groups excluding carboxylic acids is 8. The van der Waals surface area contributed by atoms with E-state index in [9.17, 15) is 43.2 Å². The second-order valence-electron chi connectivity index (χ2n) is 27.1. The molecule has 2 fully saturated rings. The van der Waals surface area contributed by atoms with Gasteiger partial charge in [0.15, 0.2) is 29.9 Å². The minimum absolute atomic E-state index is 0. The zero-order valence-corrected chi connectivity index (χ0v) is 93.0. The monoisotopic (exact) mass is 2370 g/mol. The number of ether oxygens (including phenoxy) is 8. The Kier molecular flexibility index (Phi) is 85.0. The van der Waals surface area contributed by atoms with Gasteiger partial charge >= 0.3 is 120 Å². The number of benzene rings is 2. The molecule has 0 unspecified atom stereocenters. The zero-order chi connectivity index (χ0) is 102. The quantitative estimate of drug-likeness (QED) is 0.0347. The molecule has 40 nitrogen and oxygen atoms in total. The van der Waals surface area contributed by atoms with E-state index >= 15 is 0 Å². The molecule has 17 rings (SSSR count). The van der Waals surface area contributed by atoms with Crippen molar-refractivity contribution in [2.45, 2.75) is 105 Å². The second-order valence-corrected chi connectivity index (χ2v) is 31.3. The molecule has 10 aromatic rings. The summed E-state index contributed by atoms with van der Waals surface area (Å²) in [6.07, 6.45) is 17.4. The molecule has 0 spiro atoms. The average molecular weight is 2370 g/mol. The number of aromatic amines is 1. The number of ketones is 3. The molecular weight excluding hydrogens is 2270 g/mol. The molecule has 2 saturated heterocycles. The Morgan fingerprint density at radius 3 is 1.23 bits per heavy atom. The van der Waals surface area contributed by atoms with Crippen molar-refractivity contribution >= 4 is 195 Å². The SMILES string of the molecule is C.C1CCOC1.C1CCOC1.CC(=O)OOC(C)=O.COc1nc(Br)ccc1N.C[O-].Nc1ccc(Br)[nH]c1=O.Nc1ccc(Br)nc1Br.O=C1COc2nc(/C=C/c3ccccc3)ccc2C1.O=C1COc2nc(Br)ccc2C1.O=Cc1ccc2c(n1)OCC(=O)C2.O=Cc1ccc2c(n1)OCCC2.OB(O)/C=C/c1ccccc1.OCc1ccc2c(n1)OCCC2.OOO.[Al].[B-]OC(C)=O.[H-].[Li+].[Na+].[Na+].[O]=[Mn]=[O]. The summed E-state index contributed by atoms with van der Waals surface area (Å²) in [5.74, 6) is 3.15. The number of Topliss-reactive ketones (excluding diaryl/α,β-unsaturated/α-hetero) is 3. The summed E-state index contributed by atoms with van der Waals surface area (Å²) < 4.78 is 64.9. The molecule has 7 aliphatic rings. The Morgan fingerprint density at radius 1 is 0.497 bits per heavy atom. The molecule has 0 saturated carbocycles. The Labute approximate surface area is 944 Å². The number of nitrogen functional groups attached to an aromatic ring is 3. The molecule has 6 radical (unpaired) electrons. The van der Waals surface area contributed by atoms with Crippen LogP contribution in [0.5, 0.6) is 35.3 Å². The van der Waals surface area contributed by atoms with Gasteiger partial charge in [-0.3, -0.25) is 33.6 Å². The number of H-pyrrole nitrogens is 1. The third-order valence-electron chi connectivity index (χ3n) is 16.5. The predicted molar refractivity (Wildman–Crippen MR) is 531 cm³/mol. The van der Waals surface area contributed by atoms with Gasteiger partial charge in [-0.05, 0) is 215 Å². The van der Waals surface area contributed by atoms with E-state index in [0.29, 0.717) is 105 Å². The third kappa shape index (κ3) is 65.5. The maximum absolute atomic E-state index is 11.3. The van der Waals surface area contributed by atoms with E-state index in [-0.39, 0.29) is 159 Å². The van der Waals surface area contributed by atoms with Gasteiger partial charge < -0.3 is 94.5 Å². The van der Waals surface area contributed by atoms with Crippen LogP contribution in [0.2, 0.25) is 0 Å². The van der Waals surface area contributed by atoms with Crippen molar-refractivity contribution < 1.29 is 228 Å². The number of aromatic nitrogens is 8. The van der Waals surface area contributed by atoms with Gasteiger partial charge in [0.25, 0.3) is 5.56 Å². The van der Waals surface area contributed by atoms with Crippen LogP contribution in [0, 0.1) is 0 Å². The van der Waals surface area contributed by atoms with Crippen molar-refractivity contribution in [3.8, 4) is 35.3 Å². The van der Waals surface area contributed by atoms with Crippen LogP contribution in [-0.2, 0) is 119 Å². The molecule has 8 aromatic heterocycles. The van der Waals surface area contributed by atoms with Crippen LogP contribution in [-0.4, -0.2) is 220 Å². The Balaban J connectivity index is -0.000000486. The predicted octanol–water partition coefficient (Wildman–Crippen LogP) is 2.99. The van der Waals surface area contributed by atoms with Crippen LogP contribution in [0.15, 0.2) is 192 Å². The van der Waals surface area contributed by atoms with Gasteiger partial charge in [0.05, 0.1) is 60.0 Å². The number of nitrogens with two attached hydrogens (primary N) is 3.